The highest BCUT2D eigenvalue weighted by Crippen LogP contribution is 2.49. The van der Waals surface area contributed by atoms with E-state index in [2.05, 4.69) is 0 Å². The van der Waals surface area contributed by atoms with E-state index in [1.165, 1.54) is 0 Å². The first-order valence-electron chi connectivity index (χ1n) is 7.29. The van der Waals surface area contributed by atoms with Crippen LogP contribution >= 0.6 is 0 Å². The van der Waals surface area contributed by atoms with Crippen LogP contribution in [0, 0.1) is 0 Å². The summed E-state index contributed by atoms with van der Waals surface area (Å²) in [6.45, 7) is 2.56. The molecule has 1 aliphatic heterocycles. The Balaban J connectivity index is 1.84. The average molecular weight is 294 g/mol. The van der Waals surface area contributed by atoms with Gasteiger partial charge in [-0.25, -0.2) is 0 Å². The Morgan fingerprint density at radius 1 is 1.14 bits per heavy atom. The lowest BCUT2D eigenvalue weighted by atomic mass is 10.1. The minimum absolute atomic E-state index is 0.211. The molecule has 4 rings (SSSR count). The molecule has 4 heteroatoms. The van der Waals surface area contributed by atoms with Crippen molar-refractivity contribution in [1.29, 1.82) is 0 Å². The molecule has 0 N–H and O–H groups in total. The summed E-state index contributed by atoms with van der Waals surface area (Å²) in [5.41, 5.74) is 1.16. The summed E-state index contributed by atoms with van der Waals surface area (Å²) in [4.78, 5) is 12.8. The van der Waals surface area contributed by atoms with Crippen LogP contribution in [0.4, 0.5) is 0 Å². The van der Waals surface area contributed by atoms with Crippen LogP contribution < -0.4 is 9.47 Å². The molecule has 0 unspecified atom stereocenters. The second-order valence-electron chi connectivity index (χ2n) is 5.17. The van der Waals surface area contributed by atoms with Crippen molar-refractivity contribution in [2.75, 3.05) is 6.61 Å². The normalized spacial score (nSPS) is 11.9. The summed E-state index contributed by atoms with van der Waals surface area (Å²) in [6, 6.07) is 12.9. The Labute approximate surface area is 127 Å². The van der Waals surface area contributed by atoms with Crippen LogP contribution in [-0.4, -0.2) is 12.4 Å². The fourth-order valence-corrected chi connectivity index (χ4v) is 2.51. The third kappa shape index (κ3) is 1.96. The molecule has 0 radical (unpaired) electrons. The maximum Gasteiger partial charge on any atom is 0.236 e. The number of para-hydroxylation sites is 2. The van der Waals surface area contributed by atoms with Crippen molar-refractivity contribution in [1.82, 2.24) is 0 Å². The van der Waals surface area contributed by atoms with E-state index in [9.17, 15) is 4.79 Å². The molecular weight excluding hydrogens is 280 g/mol. The fourth-order valence-electron chi connectivity index (χ4n) is 2.51. The molecule has 0 spiro atoms. The van der Waals surface area contributed by atoms with Crippen LogP contribution in [0.25, 0.3) is 11.0 Å². The molecule has 2 heterocycles. The van der Waals surface area contributed by atoms with Crippen LogP contribution in [0.2, 0.25) is 0 Å². The van der Waals surface area contributed by atoms with E-state index in [1.54, 1.807) is 12.1 Å². The molecule has 0 atom stereocenters. The van der Waals surface area contributed by atoms with Crippen molar-refractivity contribution in [2.45, 2.75) is 13.3 Å². The first-order valence-corrected chi connectivity index (χ1v) is 7.29. The molecule has 3 aromatic rings. The smallest absolute Gasteiger partial charge is 0.236 e. The third-order valence-corrected chi connectivity index (χ3v) is 3.60. The number of carbonyl (C=O) groups is 1. The van der Waals surface area contributed by atoms with Gasteiger partial charge in [-0.1, -0.05) is 25.1 Å². The zero-order chi connectivity index (χ0) is 15.1. The Morgan fingerprint density at radius 3 is 2.86 bits per heavy atom. The molecular formula is C18H14O4. The molecule has 0 saturated heterocycles. The lowest BCUT2D eigenvalue weighted by molar-refractivity contribution is 0.101. The van der Waals surface area contributed by atoms with Crippen molar-refractivity contribution in [3.63, 3.8) is 0 Å². The zero-order valence-electron chi connectivity index (χ0n) is 12.1. The highest BCUT2D eigenvalue weighted by Gasteiger charge is 2.32. The largest absolute Gasteiger partial charge is 0.489 e. The van der Waals surface area contributed by atoms with E-state index >= 15 is 0 Å². The number of hydrogen-bond acceptors (Lipinski definition) is 4. The lowest BCUT2D eigenvalue weighted by Crippen LogP contribution is -2.03. The van der Waals surface area contributed by atoms with Crippen LogP contribution in [0.15, 0.2) is 46.9 Å². The monoisotopic (exact) mass is 294 g/mol. The maximum absolute atomic E-state index is 12.8. The van der Waals surface area contributed by atoms with Gasteiger partial charge in [0.2, 0.25) is 11.5 Å². The number of rotatable bonds is 5. The summed E-state index contributed by atoms with van der Waals surface area (Å²) in [5.74, 6) is 1.92. The van der Waals surface area contributed by atoms with Crippen molar-refractivity contribution in [3.8, 4) is 17.2 Å². The predicted molar refractivity (Wildman–Crippen MR) is 81.9 cm³/mol. The second kappa shape index (κ2) is 4.91. The maximum atomic E-state index is 12.8. The SMILES string of the molecule is CCCOc1c(C(=O)c2cccc3c2O3)oc2ccccc12. The molecule has 0 fully saturated rings. The fraction of sp³-hybridized carbons (Fsp3) is 0.167. The number of benzene rings is 2. The summed E-state index contributed by atoms with van der Waals surface area (Å²) in [5, 5.41) is 0.817. The van der Waals surface area contributed by atoms with E-state index in [1.807, 2.05) is 37.3 Å². The molecule has 0 aliphatic carbocycles. The molecule has 4 nitrogen and oxygen atoms in total. The highest BCUT2D eigenvalue weighted by molar-refractivity contribution is 6.14. The first kappa shape index (κ1) is 13.0. The zero-order valence-corrected chi connectivity index (χ0v) is 12.1. The molecule has 2 aromatic carbocycles. The summed E-state index contributed by atoms with van der Waals surface area (Å²) in [7, 11) is 0. The van der Waals surface area contributed by atoms with Gasteiger partial charge in [0, 0.05) is 0 Å². The average Bonchev–Trinajstić information content (AvgIpc) is 3.26. The van der Waals surface area contributed by atoms with Crippen LogP contribution in [0.3, 0.4) is 0 Å². The number of fused-ring (bicyclic) bond motifs is 2. The highest BCUT2D eigenvalue weighted by atomic mass is 16.6. The number of ketones is 1. The molecule has 0 amide bonds. The van der Waals surface area contributed by atoms with Crippen LogP contribution in [0.5, 0.6) is 17.2 Å². The van der Waals surface area contributed by atoms with Gasteiger partial charge < -0.3 is 13.9 Å². The van der Waals surface area contributed by atoms with Gasteiger partial charge in [0.05, 0.1) is 17.6 Å². The number of carbonyl (C=O) groups excluding carboxylic acids is 1. The summed E-state index contributed by atoms with van der Waals surface area (Å²) >= 11 is 0. The van der Waals surface area contributed by atoms with E-state index in [-0.39, 0.29) is 11.5 Å². The minimum Gasteiger partial charge on any atom is -0.489 e. The predicted octanol–water partition coefficient (Wildman–Crippen LogP) is 4.56. The van der Waals surface area contributed by atoms with E-state index in [0.29, 0.717) is 29.3 Å². The summed E-state index contributed by atoms with van der Waals surface area (Å²) in [6.07, 6.45) is 0.858. The molecule has 0 saturated carbocycles. The van der Waals surface area contributed by atoms with Gasteiger partial charge in [-0.3, -0.25) is 4.79 Å². The first-order chi connectivity index (χ1) is 10.8. The van der Waals surface area contributed by atoms with Crippen molar-refractivity contribution in [2.24, 2.45) is 0 Å². The molecule has 1 aromatic heterocycles. The van der Waals surface area contributed by atoms with Crippen molar-refractivity contribution in [3.05, 3.63) is 53.8 Å². The Kier molecular flexibility index (Phi) is 2.89. The van der Waals surface area contributed by atoms with Crippen LogP contribution in [-0.2, 0) is 0 Å². The van der Waals surface area contributed by atoms with Gasteiger partial charge in [0.1, 0.15) is 5.58 Å². The number of ether oxygens (including phenoxy) is 2. The Hall–Kier alpha value is -2.75. The molecule has 22 heavy (non-hydrogen) atoms. The topological polar surface area (TPSA) is 52.0 Å². The van der Waals surface area contributed by atoms with E-state index in [4.69, 9.17) is 13.9 Å². The van der Waals surface area contributed by atoms with Gasteiger partial charge >= 0.3 is 0 Å². The van der Waals surface area contributed by atoms with Crippen LogP contribution in [0.1, 0.15) is 29.5 Å². The van der Waals surface area contributed by atoms with Gasteiger partial charge in [-0.2, -0.15) is 0 Å². The van der Waals surface area contributed by atoms with Crippen molar-refractivity contribution < 1.29 is 18.7 Å². The quantitative estimate of drug-likeness (QED) is 0.400. The number of hydrogen-bond donors (Lipinski definition) is 0. The van der Waals surface area contributed by atoms with Gasteiger partial charge in [0.25, 0.3) is 0 Å². The van der Waals surface area contributed by atoms with Gasteiger partial charge in [0.15, 0.2) is 17.2 Å². The third-order valence-electron chi connectivity index (χ3n) is 3.60. The standard InChI is InChI=1S/C18H14O4/c1-2-10-20-17-11-6-3-4-8-13(11)21-18(17)15(19)12-7-5-9-14-16(12)22-14/h3-9H,2,10H2,1H3. The Morgan fingerprint density at radius 2 is 2.00 bits per heavy atom. The van der Waals surface area contributed by atoms with Crippen molar-refractivity contribution >= 4 is 16.8 Å². The molecule has 0 bridgehead atoms. The Bertz CT molecular complexity index is 876. The second-order valence-corrected chi connectivity index (χ2v) is 5.17. The summed E-state index contributed by atoms with van der Waals surface area (Å²) < 4.78 is 16.8. The van der Waals surface area contributed by atoms with E-state index in [0.717, 1.165) is 17.6 Å². The molecule has 110 valence electrons. The number of furan rings is 1. The lowest BCUT2D eigenvalue weighted by Gasteiger charge is -2.04. The van der Waals surface area contributed by atoms with Gasteiger partial charge in [-0.05, 0) is 30.7 Å². The van der Waals surface area contributed by atoms with E-state index < -0.39 is 0 Å². The van der Waals surface area contributed by atoms with Gasteiger partial charge in [-0.15, -0.1) is 0 Å². The minimum atomic E-state index is -0.211. The molecule has 1 aliphatic rings.